The second-order valence-electron chi connectivity index (χ2n) is 4.78. The molecule has 22 heavy (non-hydrogen) atoms. The van der Waals surface area contributed by atoms with Crippen LogP contribution in [0.4, 0.5) is 11.4 Å². The van der Waals surface area contributed by atoms with Crippen molar-refractivity contribution in [2.24, 2.45) is 0 Å². The van der Waals surface area contributed by atoms with Gasteiger partial charge in [-0.1, -0.05) is 23.2 Å². The minimum Gasteiger partial charge on any atom is -0.495 e. The van der Waals surface area contributed by atoms with Gasteiger partial charge in [0.25, 0.3) is 0 Å². The van der Waals surface area contributed by atoms with Crippen molar-refractivity contribution in [2.45, 2.75) is 0 Å². The Morgan fingerprint density at radius 3 is 2.14 bits per heavy atom. The average Bonchev–Trinajstić information content (AvgIpc) is 2.48. The number of carbonyl (C=O) groups excluding carboxylic acids is 2. The zero-order valence-electron chi connectivity index (χ0n) is 11.4. The second-order valence-corrected chi connectivity index (χ2v) is 5.56. The number of anilines is 2. The number of benzene rings is 2. The van der Waals surface area contributed by atoms with Crippen LogP contribution < -0.4 is 16.2 Å². The number of nitrogen functional groups attached to an aromatic ring is 2. The van der Waals surface area contributed by atoms with Crippen LogP contribution in [0.3, 0.4) is 0 Å². The van der Waals surface area contributed by atoms with Gasteiger partial charge in [0, 0.05) is 17.4 Å². The summed E-state index contributed by atoms with van der Waals surface area (Å²) in [5.74, 6) is -0.771. The van der Waals surface area contributed by atoms with Crippen LogP contribution in [0.5, 0.6) is 5.75 Å². The Morgan fingerprint density at radius 2 is 1.50 bits per heavy atom. The summed E-state index contributed by atoms with van der Waals surface area (Å²) in [6.07, 6.45) is 0. The van der Waals surface area contributed by atoms with E-state index in [1.165, 1.54) is 25.3 Å². The SMILES string of the molecule is COc1cc(N)c2c(c1Cl)C(=O)c1c(N)ccc(Cl)c1C2=O. The molecule has 5 nitrogen and oxygen atoms in total. The van der Waals surface area contributed by atoms with Crippen LogP contribution in [0.25, 0.3) is 0 Å². The lowest BCUT2D eigenvalue weighted by molar-refractivity contribution is 0.0980. The fraction of sp³-hybridized carbons (Fsp3) is 0.0667. The van der Waals surface area contributed by atoms with Gasteiger partial charge in [0.1, 0.15) is 5.75 Å². The van der Waals surface area contributed by atoms with Crippen LogP contribution in [0.15, 0.2) is 18.2 Å². The lowest BCUT2D eigenvalue weighted by Gasteiger charge is -2.23. The van der Waals surface area contributed by atoms with Gasteiger partial charge in [-0.25, -0.2) is 0 Å². The number of fused-ring (bicyclic) bond motifs is 2. The maximum Gasteiger partial charge on any atom is 0.198 e. The molecule has 0 saturated heterocycles. The van der Waals surface area contributed by atoms with Crippen molar-refractivity contribution in [1.82, 2.24) is 0 Å². The molecule has 3 rings (SSSR count). The molecule has 0 radical (unpaired) electrons. The summed E-state index contributed by atoms with van der Waals surface area (Å²) >= 11 is 12.3. The zero-order chi connectivity index (χ0) is 16.2. The number of ether oxygens (including phenoxy) is 1. The quantitative estimate of drug-likeness (QED) is 0.666. The number of nitrogens with two attached hydrogens (primary N) is 2. The van der Waals surface area contributed by atoms with E-state index in [1.807, 2.05) is 0 Å². The number of halogens is 2. The van der Waals surface area contributed by atoms with E-state index < -0.39 is 11.6 Å². The van der Waals surface area contributed by atoms with Crippen LogP contribution in [-0.4, -0.2) is 18.7 Å². The molecule has 2 aromatic carbocycles. The lowest BCUT2D eigenvalue weighted by atomic mass is 9.82. The van der Waals surface area contributed by atoms with Gasteiger partial charge in [0.15, 0.2) is 11.6 Å². The smallest absolute Gasteiger partial charge is 0.198 e. The Morgan fingerprint density at radius 1 is 0.909 bits per heavy atom. The number of hydrogen-bond acceptors (Lipinski definition) is 5. The molecule has 1 aliphatic carbocycles. The second kappa shape index (κ2) is 4.90. The van der Waals surface area contributed by atoms with Crippen LogP contribution >= 0.6 is 23.2 Å². The maximum atomic E-state index is 12.8. The summed E-state index contributed by atoms with van der Waals surface area (Å²) in [5.41, 5.74) is 12.1. The van der Waals surface area contributed by atoms with Gasteiger partial charge in [-0.3, -0.25) is 9.59 Å². The van der Waals surface area contributed by atoms with E-state index in [9.17, 15) is 9.59 Å². The molecule has 1 aliphatic rings. The highest BCUT2D eigenvalue weighted by molar-refractivity contribution is 6.44. The molecule has 7 heteroatoms. The molecular weight excluding hydrogens is 327 g/mol. The van der Waals surface area contributed by atoms with Gasteiger partial charge in [-0.2, -0.15) is 0 Å². The molecule has 0 saturated carbocycles. The molecule has 4 N–H and O–H groups in total. The molecule has 0 aliphatic heterocycles. The normalized spacial score (nSPS) is 12.9. The Bertz CT molecular complexity index is 863. The minimum atomic E-state index is -0.500. The van der Waals surface area contributed by atoms with Crippen LogP contribution in [-0.2, 0) is 0 Å². The Balaban J connectivity index is 2.44. The Hall–Kier alpha value is -2.24. The van der Waals surface area contributed by atoms with Gasteiger partial charge >= 0.3 is 0 Å². The zero-order valence-corrected chi connectivity index (χ0v) is 12.9. The summed E-state index contributed by atoms with van der Waals surface area (Å²) in [6, 6.07) is 4.33. The fourth-order valence-corrected chi connectivity index (χ4v) is 3.13. The number of ketones is 2. The van der Waals surface area contributed by atoms with E-state index in [-0.39, 0.29) is 49.4 Å². The number of rotatable bonds is 1. The topological polar surface area (TPSA) is 95.4 Å². The summed E-state index contributed by atoms with van der Waals surface area (Å²) in [6.45, 7) is 0. The van der Waals surface area contributed by atoms with E-state index in [1.54, 1.807) is 0 Å². The largest absolute Gasteiger partial charge is 0.495 e. The predicted molar refractivity (Wildman–Crippen MR) is 85.1 cm³/mol. The third kappa shape index (κ3) is 1.79. The molecule has 0 unspecified atom stereocenters. The number of carbonyl (C=O) groups is 2. The Labute approximate surface area is 135 Å². The lowest BCUT2D eigenvalue weighted by Crippen LogP contribution is -2.24. The van der Waals surface area contributed by atoms with Crippen molar-refractivity contribution < 1.29 is 14.3 Å². The Kier molecular flexibility index (Phi) is 3.27. The fourth-order valence-electron chi connectivity index (χ4n) is 2.57. The van der Waals surface area contributed by atoms with Gasteiger partial charge in [0.05, 0.1) is 39.4 Å². The molecular formula is C15H10Cl2N2O3. The summed E-state index contributed by atoms with van der Waals surface area (Å²) in [4.78, 5) is 25.5. The third-order valence-electron chi connectivity index (χ3n) is 3.58. The highest BCUT2D eigenvalue weighted by Gasteiger charge is 2.37. The van der Waals surface area contributed by atoms with E-state index in [0.29, 0.717) is 0 Å². The number of hydrogen-bond donors (Lipinski definition) is 2. The van der Waals surface area contributed by atoms with Gasteiger partial charge in [0.2, 0.25) is 0 Å². The van der Waals surface area contributed by atoms with Crippen molar-refractivity contribution in [3.63, 3.8) is 0 Å². The highest BCUT2D eigenvalue weighted by atomic mass is 35.5. The molecule has 0 spiro atoms. The first-order chi connectivity index (χ1) is 10.4. The first-order valence-electron chi connectivity index (χ1n) is 6.21. The van der Waals surface area contributed by atoms with Crippen LogP contribution in [0, 0.1) is 0 Å². The van der Waals surface area contributed by atoms with Crippen molar-refractivity contribution >= 4 is 46.1 Å². The van der Waals surface area contributed by atoms with Crippen molar-refractivity contribution in [3.8, 4) is 5.75 Å². The molecule has 0 atom stereocenters. The third-order valence-corrected chi connectivity index (χ3v) is 4.27. The summed E-state index contributed by atoms with van der Waals surface area (Å²) in [5, 5.41) is 0.162. The molecule has 0 bridgehead atoms. The first kappa shape index (κ1) is 14.7. The van der Waals surface area contributed by atoms with Gasteiger partial charge in [-0.05, 0) is 12.1 Å². The molecule has 0 heterocycles. The van der Waals surface area contributed by atoms with Crippen molar-refractivity contribution in [3.05, 3.63) is 50.5 Å². The van der Waals surface area contributed by atoms with Crippen molar-refractivity contribution in [2.75, 3.05) is 18.6 Å². The predicted octanol–water partition coefficient (Wildman–Crippen LogP) is 2.94. The van der Waals surface area contributed by atoms with Crippen molar-refractivity contribution in [1.29, 1.82) is 0 Å². The monoisotopic (exact) mass is 336 g/mol. The maximum absolute atomic E-state index is 12.8. The summed E-state index contributed by atoms with van der Waals surface area (Å²) in [7, 11) is 1.39. The van der Waals surface area contributed by atoms with Gasteiger partial charge in [-0.15, -0.1) is 0 Å². The molecule has 2 aromatic rings. The molecule has 0 fully saturated rings. The van der Waals surface area contributed by atoms with E-state index in [2.05, 4.69) is 0 Å². The van der Waals surface area contributed by atoms with E-state index in [4.69, 9.17) is 39.4 Å². The van der Waals surface area contributed by atoms with Crippen LogP contribution in [0.1, 0.15) is 31.8 Å². The molecule has 0 aromatic heterocycles. The minimum absolute atomic E-state index is 0.00927. The molecule has 112 valence electrons. The summed E-state index contributed by atoms with van der Waals surface area (Å²) < 4.78 is 5.08. The molecule has 0 amide bonds. The highest BCUT2D eigenvalue weighted by Crippen LogP contribution is 2.43. The van der Waals surface area contributed by atoms with E-state index >= 15 is 0 Å². The van der Waals surface area contributed by atoms with E-state index in [0.717, 1.165) is 0 Å². The van der Waals surface area contributed by atoms with Crippen LogP contribution in [0.2, 0.25) is 10.0 Å². The number of methoxy groups -OCH3 is 1. The standard InChI is InChI=1S/C15H10Cl2N2O3/c1-22-8-4-7(19)11-12(13(8)17)15(21)10-6(18)3-2-5(16)9(10)14(11)20/h2-4H,18-19H2,1H3. The average molecular weight is 337 g/mol. The van der Waals surface area contributed by atoms with Gasteiger partial charge < -0.3 is 16.2 Å². The first-order valence-corrected chi connectivity index (χ1v) is 6.97.